The summed E-state index contributed by atoms with van der Waals surface area (Å²) >= 11 is 5.26. The number of nitrogens with zero attached hydrogens (tertiary/aromatic N) is 4. The SMILES string of the molecule is O=C(Cl)c1cnc2ccccc2n1.O=C(O)c1cnc2ccccc2n1. The molecule has 0 unspecified atom stereocenters. The summed E-state index contributed by atoms with van der Waals surface area (Å²) in [6.07, 6.45) is 2.63. The van der Waals surface area contributed by atoms with E-state index in [1.54, 1.807) is 24.3 Å². The Morgan fingerprint density at radius 3 is 1.62 bits per heavy atom. The first-order valence-corrected chi connectivity index (χ1v) is 7.79. The van der Waals surface area contributed by atoms with Gasteiger partial charge in [0.25, 0.3) is 5.24 Å². The van der Waals surface area contributed by atoms with Crippen LogP contribution < -0.4 is 0 Å². The normalized spacial score (nSPS) is 10.2. The molecule has 4 aromatic rings. The van der Waals surface area contributed by atoms with Crippen molar-refractivity contribution in [3.8, 4) is 0 Å². The monoisotopic (exact) mass is 366 g/mol. The molecule has 0 aliphatic carbocycles. The van der Waals surface area contributed by atoms with E-state index in [0.29, 0.717) is 16.6 Å². The third kappa shape index (κ3) is 3.96. The zero-order chi connectivity index (χ0) is 18.5. The number of carboxylic acid groups (broad SMARTS) is 1. The Kier molecular flexibility index (Phi) is 5.09. The summed E-state index contributed by atoms with van der Waals surface area (Å²) in [5.41, 5.74) is 2.88. The molecule has 0 amide bonds. The number of carboxylic acids is 1. The third-order valence-electron chi connectivity index (χ3n) is 3.32. The number of rotatable bonds is 2. The number of halogens is 1. The summed E-state index contributed by atoms with van der Waals surface area (Å²) in [7, 11) is 0. The number of fused-ring (bicyclic) bond motifs is 2. The van der Waals surface area contributed by atoms with Gasteiger partial charge >= 0.3 is 5.97 Å². The van der Waals surface area contributed by atoms with Crippen LogP contribution in [0.25, 0.3) is 22.1 Å². The van der Waals surface area contributed by atoms with E-state index in [9.17, 15) is 9.59 Å². The summed E-state index contributed by atoms with van der Waals surface area (Å²) in [6, 6.07) is 14.4. The van der Waals surface area contributed by atoms with E-state index in [-0.39, 0.29) is 11.4 Å². The fraction of sp³-hybridized carbons (Fsp3) is 0. The van der Waals surface area contributed by atoms with Gasteiger partial charge in [0, 0.05) is 0 Å². The first-order chi connectivity index (χ1) is 12.5. The molecule has 0 saturated heterocycles. The van der Waals surface area contributed by atoms with Gasteiger partial charge in [-0.3, -0.25) is 14.8 Å². The smallest absolute Gasteiger partial charge is 0.356 e. The molecule has 7 nitrogen and oxygen atoms in total. The first kappa shape index (κ1) is 17.4. The van der Waals surface area contributed by atoms with E-state index in [1.165, 1.54) is 12.4 Å². The molecule has 2 aromatic heterocycles. The van der Waals surface area contributed by atoms with E-state index < -0.39 is 11.2 Å². The molecular formula is C18H11ClN4O3. The second kappa shape index (κ2) is 7.62. The lowest BCUT2D eigenvalue weighted by atomic mass is 10.3. The predicted octanol–water partition coefficient (Wildman–Crippen LogP) is 3.34. The van der Waals surface area contributed by atoms with E-state index in [2.05, 4.69) is 19.9 Å². The van der Waals surface area contributed by atoms with E-state index in [0.717, 1.165) is 5.52 Å². The van der Waals surface area contributed by atoms with Crippen molar-refractivity contribution in [2.75, 3.05) is 0 Å². The molecule has 0 fully saturated rings. The summed E-state index contributed by atoms with van der Waals surface area (Å²) < 4.78 is 0. The molecule has 128 valence electrons. The van der Waals surface area contributed by atoms with Crippen LogP contribution in [0.5, 0.6) is 0 Å². The molecule has 1 N–H and O–H groups in total. The number of carbonyl (C=O) groups excluding carboxylic acids is 1. The Morgan fingerprint density at radius 1 is 0.731 bits per heavy atom. The molecular weight excluding hydrogens is 356 g/mol. The number of hydrogen-bond donors (Lipinski definition) is 1. The fourth-order valence-corrected chi connectivity index (χ4v) is 2.20. The fourth-order valence-electron chi connectivity index (χ4n) is 2.11. The molecule has 8 heteroatoms. The van der Waals surface area contributed by atoms with Gasteiger partial charge in [0.05, 0.1) is 34.5 Å². The number of benzene rings is 2. The van der Waals surface area contributed by atoms with Crippen LogP contribution in [-0.2, 0) is 0 Å². The van der Waals surface area contributed by atoms with Crippen molar-refractivity contribution in [2.24, 2.45) is 0 Å². The molecule has 0 radical (unpaired) electrons. The Morgan fingerprint density at radius 2 is 1.15 bits per heavy atom. The number of carbonyl (C=O) groups is 2. The summed E-state index contributed by atoms with van der Waals surface area (Å²) in [5, 5.41) is 8.06. The second-order valence-corrected chi connectivity index (χ2v) is 5.41. The maximum absolute atomic E-state index is 10.8. The molecule has 4 rings (SSSR count). The highest BCUT2D eigenvalue weighted by atomic mass is 35.5. The third-order valence-corrected chi connectivity index (χ3v) is 3.51. The zero-order valence-corrected chi connectivity index (χ0v) is 14.0. The molecule has 0 bridgehead atoms. The number of aromatic nitrogens is 4. The van der Waals surface area contributed by atoms with Gasteiger partial charge in [-0.05, 0) is 35.9 Å². The van der Waals surface area contributed by atoms with Gasteiger partial charge in [0.1, 0.15) is 5.69 Å². The summed E-state index contributed by atoms with van der Waals surface area (Å²) in [6.45, 7) is 0. The van der Waals surface area contributed by atoms with Gasteiger partial charge in [-0.25, -0.2) is 14.8 Å². The van der Waals surface area contributed by atoms with Crippen molar-refractivity contribution >= 4 is 44.9 Å². The Balaban J connectivity index is 0.000000151. The van der Waals surface area contributed by atoms with Gasteiger partial charge in [-0.15, -0.1) is 0 Å². The molecule has 0 atom stereocenters. The van der Waals surface area contributed by atoms with Crippen molar-refractivity contribution < 1.29 is 14.7 Å². The van der Waals surface area contributed by atoms with Crippen LogP contribution in [0.2, 0.25) is 0 Å². The van der Waals surface area contributed by atoms with Crippen molar-refractivity contribution in [3.63, 3.8) is 0 Å². The Bertz CT molecular complexity index is 1030. The average molecular weight is 367 g/mol. The van der Waals surface area contributed by atoms with E-state index in [4.69, 9.17) is 16.7 Å². The van der Waals surface area contributed by atoms with Crippen molar-refractivity contribution in [1.29, 1.82) is 0 Å². The van der Waals surface area contributed by atoms with Crippen LogP contribution in [0.3, 0.4) is 0 Å². The van der Waals surface area contributed by atoms with Crippen LogP contribution >= 0.6 is 11.6 Å². The minimum atomic E-state index is -1.06. The maximum Gasteiger partial charge on any atom is 0.356 e. The topological polar surface area (TPSA) is 106 Å². The van der Waals surface area contributed by atoms with Gasteiger partial charge in [-0.2, -0.15) is 0 Å². The second-order valence-electron chi connectivity index (χ2n) is 5.07. The maximum atomic E-state index is 10.8. The summed E-state index contributed by atoms with van der Waals surface area (Å²) in [4.78, 5) is 37.2. The molecule has 0 aliphatic heterocycles. The first-order valence-electron chi connectivity index (χ1n) is 7.41. The van der Waals surface area contributed by atoms with Gasteiger partial charge in [-0.1, -0.05) is 24.3 Å². The van der Waals surface area contributed by atoms with Crippen molar-refractivity contribution in [2.45, 2.75) is 0 Å². The van der Waals surface area contributed by atoms with Crippen molar-refractivity contribution in [3.05, 3.63) is 72.3 Å². The minimum absolute atomic E-state index is 0.0290. The molecule has 2 aromatic carbocycles. The number of aromatic carboxylic acids is 1. The molecule has 0 saturated carbocycles. The number of hydrogen-bond acceptors (Lipinski definition) is 6. The van der Waals surface area contributed by atoms with E-state index >= 15 is 0 Å². The Hall–Kier alpha value is -3.45. The van der Waals surface area contributed by atoms with Crippen LogP contribution in [-0.4, -0.2) is 36.3 Å². The zero-order valence-electron chi connectivity index (χ0n) is 13.2. The van der Waals surface area contributed by atoms with Crippen molar-refractivity contribution in [1.82, 2.24) is 19.9 Å². The molecule has 2 heterocycles. The standard InChI is InChI=1S/C9H5ClN2O.C9H6N2O2/c10-9(13)8-5-11-6-3-1-2-4-7(6)12-8;12-9(13)8-5-10-6-3-1-2-4-7(6)11-8/h1-5H;1-5H,(H,12,13). The quantitative estimate of drug-likeness (QED) is 0.542. The molecule has 0 aliphatic rings. The van der Waals surface area contributed by atoms with Gasteiger partial charge in [0.15, 0.2) is 5.69 Å². The van der Waals surface area contributed by atoms with E-state index in [1.807, 2.05) is 24.3 Å². The van der Waals surface area contributed by atoms with Gasteiger partial charge in [0.2, 0.25) is 0 Å². The average Bonchev–Trinajstić information content (AvgIpc) is 2.67. The minimum Gasteiger partial charge on any atom is -0.476 e. The lowest BCUT2D eigenvalue weighted by Gasteiger charge is -1.96. The van der Waals surface area contributed by atoms with Crippen LogP contribution in [0.1, 0.15) is 21.0 Å². The largest absolute Gasteiger partial charge is 0.476 e. The highest BCUT2D eigenvalue weighted by Crippen LogP contribution is 2.09. The van der Waals surface area contributed by atoms with Crippen LogP contribution in [0.4, 0.5) is 0 Å². The Labute approximate surface area is 152 Å². The molecule has 26 heavy (non-hydrogen) atoms. The summed E-state index contributed by atoms with van der Waals surface area (Å²) in [5.74, 6) is -1.06. The number of para-hydroxylation sites is 4. The predicted molar refractivity (Wildman–Crippen MR) is 96.2 cm³/mol. The van der Waals surface area contributed by atoms with Gasteiger partial charge < -0.3 is 5.11 Å². The molecule has 0 spiro atoms. The van der Waals surface area contributed by atoms with Crippen LogP contribution in [0.15, 0.2) is 60.9 Å². The highest BCUT2D eigenvalue weighted by molar-refractivity contribution is 6.67. The highest BCUT2D eigenvalue weighted by Gasteiger charge is 2.05. The lowest BCUT2D eigenvalue weighted by Crippen LogP contribution is -2.00. The lowest BCUT2D eigenvalue weighted by molar-refractivity contribution is 0.0690. The van der Waals surface area contributed by atoms with Crippen LogP contribution in [0, 0.1) is 0 Å².